The Morgan fingerprint density at radius 3 is 1.64 bits per heavy atom. The molecule has 0 spiro atoms. The molecular formula is C62H53N3O. The first-order chi connectivity index (χ1) is 31.9. The van der Waals surface area contributed by atoms with Crippen molar-refractivity contribution in [1.29, 1.82) is 0 Å². The molecule has 0 aliphatic rings. The highest BCUT2D eigenvalue weighted by atomic mass is 16.3. The minimum atomic E-state index is -0.296. The summed E-state index contributed by atoms with van der Waals surface area (Å²) in [5, 5.41) is 12.2. The molecular weight excluding hydrogens is 803 g/mol. The Bertz CT molecular complexity index is 3370. The third-order valence-electron chi connectivity index (χ3n) is 12.7. The molecule has 0 aliphatic carbocycles. The standard InChI is InChI=1S/C62H53N3O/c1-61(2,3)50-31-32-56(53(40-50)43-23-14-9-15-24-43)65-57-30-18-27-51(58(57)64-60(65)52-28-17-29-54(59(52)66)62(4,5)6)48-36-47(42-21-12-8-13-22-42)37-49(38-48)55-39-46(33-34-63-55)45-26-16-25-44(35-45)41-19-10-7-11-20-41/h7-40,66H,1-6H3. The molecule has 1 N–H and O–H groups in total. The molecule has 0 saturated carbocycles. The number of phenols is 1. The van der Waals surface area contributed by atoms with E-state index in [1.54, 1.807) is 0 Å². The van der Waals surface area contributed by atoms with E-state index in [-0.39, 0.29) is 16.6 Å². The monoisotopic (exact) mass is 855 g/mol. The lowest BCUT2D eigenvalue weighted by Crippen LogP contribution is -2.12. The number of phenolic OH excluding ortho intramolecular Hbond substituents is 1. The van der Waals surface area contributed by atoms with Gasteiger partial charge in [0, 0.05) is 22.9 Å². The van der Waals surface area contributed by atoms with E-state index in [9.17, 15) is 5.11 Å². The van der Waals surface area contributed by atoms with Gasteiger partial charge in [0.1, 0.15) is 11.6 Å². The number of imidazole rings is 1. The summed E-state index contributed by atoms with van der Waals surface area (Å²) in [6, 6.07) is 70.7. The second-order valence-electron chi connectivity index (χ2n) is 19.3. The van der Waals surface area contributed by atoms with Gasteiger partial charge in [-0.05, 0) is 127 Å². The van der Waals surface area contributed by atoms with Crippen molar-refractivity contribution in [2.24, 2.45) is 0 Å². The molecule has 0 radical (unpaired) electrons. The quantitative estimate of drug-likeness (QED) is 0.166. The molecule has 0 fully saturated rings. The summed E-state index contributed by atoms with van der Waals surface area (Å²) in [4.78, 5) is 10.6. The van der Waals surface area contributed by atoms with Gasteiger partial charge in [0.25, 0.3) is 0 Å². The van der Waals surface area contributed by atoms with Crippen LogP contribution in [0.5, 0.6) is 5.75 Å². The maximum Gasteiger partial charge on any atom is 0.149 e. The highest BCUT2D eigenvalue weighted by Crippen LogP contribution is 2.44. The number of aromatic nitrogens is 3. The first kappa shape index (κ1) is 42.1. The van der Waals surface area contributed by atoms with E-state index in [0.29, 0.717) is 11.4 Å². The van der Waals surface area contributed by atoms with E-state index in [1.807, 2.05) is 24.4 Å². The number of rotatable bonds is 8. The lowest BCUT2D eigenvalue weighted by Gasteiger charge is -2.24. The van der Waals surface area contributed by atoms with Gasteiger partial charge in [-0.15, -0.1) is 0 Å². The maximum absolute atomic E-state index is 12.2. The fraction of sp³-hybridized carbons (Fsp3) is 0.129. The smallest absolute Gasteiger partial charge is 0.149 e. The van der Waals surface area contributed by atoms with Gasteiger partial charge >= 0.3 is 0 Å². The van der Waals surface area contributed by atoms with Crippen LogP contribution in [0.1, 0.15) is 52.7 Å². The summed E-state index contributed by atoms with van der Waals surface area (Å²) in [6.45, 7) is 13.2. The number of aromatic hydroxyl groups is 1. The van der Waals surface area contributed by atoms with Crippen LogP contribution in [-0.4, -0.2) is 19.6 Å². The second-order valence-corrected chi connectivity index (χ2v) is 19.3. The fourth-order valence-corrected chi connectivity index (χ4v) is 9.14. The largest absolute Gasteiger partial charge is 0.507 e. The summed E-state index contributed by atoms with van der Waals surface area (Å²) in [5.41, 5.74) is 18.0. The van der Waals surface area contributed by atoms with Crippen LogP contribution in [0.25, 0.3) is 95.0 Å². The SMILES string of the molecule is CC(C)(C)c1ccc(-n2c(-c3cccc(C(C)(C)C)c3O)nc3c(-c4cc(-c5ccccc5)cc(-c5cc(-c6cccc(-c7ccccc7)c6)ccn5)c4)cccc32)c(-c2ccccc2)c1. The number of fused-ring (bicyclic) bond motifs is 1. The van der Waals surface area contributed by atoms with Gasteiger partial charge in [0.2, 0.25) is 0 Å². The van der Waals surface area contributed by atoms with Crippen molar-refractivity contribution in [1.82, 2.24) is 14.5 Å². The second kappa shape index (κ2) is 17.0. The van der Waals surface area contributed by atoms with Gasteiger partial charge < -0.3 is 5.11 Å². The van der Waals surface area contributed by atoms with Crippen LogP contribution in [0.15, 0.2) is 206 Å². The van der Waals surface area contributed by atoms with E-state index in [1.165, 1.54) is 16.7 Å². The minimum Gasteiger partial charge on any atom is -0.507 e. The van der Waals surface area contributed by atoms with Crippen molar-refractivity contribution in [3.8, 4) is 89.7 Å². The summed E-state index contributed by atoms with van der Waals surface area (Å²) < 4.78 is 2.26. The summed E-state index contributed by atoms with van der Waals surface area (Å²) in [7, 11) is 0. The zero-order chi connectivity index (χ0) is 45.6. The van der Waals surface area contributed by atoms with Crippen LogP contribution in [-0.2, 0) is 10.8 Å². The molecule has 10 aromatic rings. The lowest BCUT2D eigenvalue weighted by molar-refractivity contribution is 0.448. The zero-order valence-electron chi connectivity index (χ0n) is 38.4. The molecule has 0 bridgehead atoms. The zero-order valence-corrected chi connectivity index (χ0v) is 38.4. The Kier molecular flexibility index (Phi) is 10.8. The molecule has 8 aromatic carbocycles. The molecule has 0 unspecified atom stereocenters. The molecule has 0 atom stereocenters. The Hall–Kier alpha value is -7.82. The van der Waals surface area contributed by atoms with Gasteiger partial charge in [0.15, 0.2) is 0 Å². The van der Waals surface area contributed by atoms with E-state index in [2.05, 4.69) is 228 Å². The summed E-state index contributed by atoms with van der Waals surface area (Å²) in [6.07, 6.45) is 1.91. The van der Waals surface area contributed by atoms with Crippen LogP contribution in [0.3, 0.4) is 0 Å². The van der Waals surface area contributed by atoms with Crippen molar-refractivity contribution < 1.29 is 5.11 Å². The van der Waals surface area contributed by atoms with Crippen LogP contribution in [0, 0.1) is 0 Å². The normalized spacial score (nSPS) is 11.8. The Labute approximate surface area is 388 Å². The lowest BCUT2D eigenvalue weighted by atomic mass is 9.84. The van der Waals surface area contributed by atoms with E-state index < -0.39 is 0 Å². The van der Waals surface area contributed by atoms with Crippen molar-refractivity contribution in [3.63, 3.8) is 0 Å². The predicted octanol–water partition coefficient (Wildman–Crippen LogP) is 16.4. The Morgan fingerprint density at radius 1 is 0.409 bits per heavy atom. The van der Waals surface area contributed by atoms with Gasteiger partial charge in [-0.1, -0.05) is 181 Å². The molecule has 322 valence electrons. The molecule has 66 heavy (non-hydrogen) atoms. The van der Waals surface area contributed by atoms with Crippen LogP contribution in [0.2, 0.25) is 0 Å². The van der Waals surface area contributed by atoms with E-state index >= 15 is 0 Å². The van der Waals surface area contributed by atoms with E-state index in [0.717, 1.165) is 78.0 Å². The molecule has 4 nitrogen and oxygen atoms in total. The number of nitrogens with zero attached hydrogens (tertiary/aromatic N) is 3. The third-order valence-corrected chi connectivity index (χ3v) is 12.7. The van der Waals surface area contributed by atoms with Gasteiger partial charge in [0.05, 0.1) is 28.0 Å². The van der Waals surface area contributed by atoms with Crippen molar-refractivity contribution in [2.45, 2.75) is 52.4 Å². The molecule has 0 amide bonds. The summed E-state index contributed by atoms with van der Waals surface area (Å²) >= 11 is 0. The van der Waals surface area contributed by atoms with Crippen molar-refractivity contribution in [3.05, 3.63) is 218 Å². The molecule has 10 rings (SSSR count). The number of benzene rings is 8. The predicted molar refractivity (Wildman–Crippen MR) is 276 cm³/mol. The average Bonchev–Trinajstić information content (AvgIpc) is 3.73. The van der Waals surface area contributed by atoms with Crippen molar-refractivity contribution in [2.75, 3.05) is 0 Å². The van der Waals surface area contributed by atoms with Gasteiger partial charge in [-0.3, -0.25) is 9.55 Å². The molecule has 2 heterocycles. The van der Waals surface area contributed by atoms with Crippen molar-refractivity contribution >= 4 is 11.0 Å². The number of hydrogen-bond donors (Lipinski definition) is 1. The van der Waals surface area contributed by atoms with Gasteiger partial charge in [-0.25, -0.2) is 4.98 Å². The first-order valence-corrected chi connectivity index (χ1v) is 22.8. The molecule has 2 aromatic heterocycles. The van der Waals surface area contributed by atoms with Gasteiger partial charge in [-0.2, -0.15) is 0 Å². The topological polar surface area (TPSA) is 50.9 Å². The number of pyridine rings is 1. The highest BCUT2D eigenvalue weighted by molar-refractivity contribution is 5.98. The Morgan fingerprint density at radius 2 is 0.955 bits per heavy atom. The average molecular weight is 856 g/mol. The molecule has 0 saturated heterocycles. The first-order valence-electron chi connectivity index (χ1n) is 22.8. The third kappa shape index (κ3) is 8.12. The van der Waals surface area contributed by atoms with E-state index in [4.69, 9.17) is 9.97 Å². The number of para-hydroxylation sites is 2. The number of hydrogen-bond acceptors (Lipinski definition) is 3. The van der Waals surface area contributed by atoms with Crippen LogP contribution in [0.4, 0.5) is 0 Å². The van der Waals surface area contributed by atoms with Crippen LogP contribution < -0.4 is 0 Å². The fourth-order valence-electron chi connectivity index (χ4n) is 9.14. The minimum absolute atomic E-state index is 0.0730. The Balaban J connectivity index is 1.21. The molecule has 4 heteroatoms. The van der Waals surface area contributed by atoms with Crippen LogP contribution >= 0.6 is 0 Å². The highest BCUT2D eigenvalue weighted by Gasteiger charge is 2.27. The maximum atomic E-state index is 12.2. The molecule has 0 aliphatic heterocycles. The summed E-state index contributed by atoms with van der Waals surface area (Å²) in [5.74, 6) is 0.914.